The minimum atomic E-state index is 1.05. The predicted molar refractivity (Wildman–Crippen MR) is 45.7 cm³/mol. The fraction of sp³-hybridized carbons (Fsp3) is 0.286. The van der Waals surface area contributed by atoms with Gasteiger partial charge >= 0.3 is 0 Å². The Hall–Kier alpha value is -1.85. The summed E-state index contributed by atoms with van der Waals surface area (Å²) in [5, 5.41) is 20.2. The number of aromatic amines is 1. The number of H-pyrrole nitrogens is 1. The monoisotopic (exact) mass is 178 g/mol. The van der Waals surface area contributed by atoms with E-state index in [0.717, 1.165) is 11.4 Å². The maximum Gasteiger partial charge on any atom is 0.160 e. The molecule has 13 heavy (non-hydrogen) atoms. The van der Waals surface area contributed by atoms with Crippen LogP contribution in [0.3, 0.4) is 0 Å². The van der Waals surface area contributed by atoms with Gasteiger partial charge in [-0.3, -0.25) is 5.10 Å². The van der Waals surface area contributed by atoms with E-state index in [9.17, 15) is 0 Å². The first kappa shape index (κ1) is 9.24. The molecule has 2 aromatic heterocycles. The van der Waals surface area contributed by atoms with Crippen LogP contribution < -0.4 is 0 Å². The molecule has 0 saturated heterocycles. The minimum absolute atomic E-state index is 1.05. The van der Waals surface area contributed by atoms with Gasteiger partial charge in [0.15, 0.2) is 12.7 Å². The van der Waals surface area contributed by atoms with Gasteiger partial charge in [-0.1, -0.05) is 0 Å². The van der Waals surface area contributed by atoms with Crippen LogP contribution in [0.25, 0.3) is 0 Å². The average molecular weight is 178 g/mol. The second-order valence-corrected chi connectivity index (χ2v) is 2.39. The third-order valence-electron chi connectivity index (χ3n) is 1.17. The van der Waals surface area contributed by atoms with Crippen molar-refractivity contribution >= 4 is 0 Å². The summed E-state index contributed by atoms with van der Waals surface area (Å²) in [6.07, 6.45) is 2.56. The molecule has 0 fully saturated rings. The van der Waals surface area contributed by atoms with Crippen molar-refractivity contribution in [3.05, 3.63) is 30.1 Å². The van der Waals surface area contributed by atoms with Crippen molar-refractivity contribution in [2.24, 2.45) is 0 Å². The molecule has 1 N–H and O–H groups in total. The first-order valence-electron chi connectivity index (χ1n) is 3.71. The van der Waals surface area contributed by atoms with Gasteiger partial charge in [0.25, 0.3) is 0 Å². The van der Waals surface area contributed by atoms with E-state index >= 15 is 0 Å². The van der Waals surface area contributed by atoms with Gasteiger partial charge < -0.3 is 0 Å². The van der Waals surface area contributed by atoms with E-state index in [-0.39, 0.29) is 0 Å². The van der Waals surface area contributed by atoms with E-state index in [4.69, 9.17) is 0 Å². The lowest BCUT2D eigenvalue weighted by Gasteiger charge is -1.68. The molecule has 68 valence electrons. The highest BCUT2D eigenvalue weighted by Gasteiger charge is 1.84. The number of nitrogens with one attached hydrogen (secondary N) is 1. The molecule has 0 atom stereocenters. The molecule has 0 unspecified atom stereocenters. The van der Waals surface area contributed by atoms with Crippen molar-refractivity contribution in [3.63, 3.8) is 0 Å². The zero-order valence-electron chi connectivity index (χ0n) is 7.47. The number of hydrogen-bond acceptors (Lipinski definition) is 5. The molecule has 0 aromatic carbocycles. The highest BCUT2D eigenvalue weighted by molar-refractivity contribution is 5.03. The van der Waals surface area contributed by atoms with Crippen molar-refractivity contribution < 1.29 is 0 Å². The smallest absolute Gasteiger partial charge is 0.160 e. The zero-order valence-corrected chi connectivity index (χ0v) is 7.47. The summed E-state index contributed by atoms with van der Waals surface area (Å²) in [7, 11) is 0. The van der Waals surface area contributed by atoms with Crippen LogP contribution in [0, 0.1) is 13.8 Å². The first-order valence-corrected chi connectivity index (χ1v) is 3.71. The Morgan fingerprint density at radius 2 is 1.54 bits per heavy atom. The molecule has 6 nitrogen and oxygen atoms in total. The lowest BCUT2D eigenvalue weighted by atomic mass is 10.4. The van der Waals surface area contributed by atoms with Crippen molar-refractivity contribution in [1.29, 1.82) is 0 Å². The van der Waals surface area contributed by atoms with Crippen molar-refractivity contribution in [2.45, 2.75) is 13.8 Å². The Morgan fingerprint density at radius 1 is 1.00 bits per heavy atom. The van der Waals surface area contributed by atoms with Crippen LogP contribution >= 0.6 is 0 Å². The molecule has 0 aliphatic carbocycles. The standard InChI is InChI=1S/C5H8N2.C2H2N4/c1-4-3-5(2)7-6-4;1-3-5-2-6-4-1/h3H,1-2H3,(H,6,7);1-2H. The highest BCUT2D eigenvalue weighted by Crippen LogP contribution is 1.92. The van der Waals surface area contributed by atoms with Gasteiger partial charge in [-0.15, -0.1) is 20.4 Å². The third kappa shape index (κ3) is 3.90. The average Bonchev–Trinajstić information content (AvgIpc) is 2.54. The second kappa shape index (κ2) is 4.91. The summed E-state index contributed by atoms with van der Waals surface area (Å²) < 4.78 is 0. The second-order valence-electron chi connectivity index (χ2n) is 2.39. The van der Waals surface area contributed by atoms with Gasteiger partial charge in [-0.25, -0.2) is 0 Å². The summed E-state index contributed by atoms with van der Waals surface area (Å²) in [5.41, 5.74) is 2.18. The number of rotatable bonds is 0. The maximum atomic E-state index is 3.89. The van der Waals surface area contributed by atoms with Crippen LogP contribution in [0.2, 0.25) is 0 Å². The fourth-order valence-electron chi connectivity index (χ4n) is 0.720. The van der Waals surface area contributed by atoms with Gasteiger partial charge in [0.1, 0.15) is 0 Å². The van der Waals surface area contributed by atoms with Crippen LogP contribution in [0.1, 0.15) is 11.4 Å². The SMILES string of the molecule is Cc1cc(C)[nH]n1.c1nncnn1. The van der Waals surface area contributed by atoms with Crippen LogP contribution in [-0.4, -0.2) is 30.6 Å². The molecular formula is C7H10N6. The highest BCUT2D eigenvalue weighted by atomic mass is 15.2. The molecule has 6 heteroatoms. The summed E-state index contributed by atoms with van der Waals surface area (Å²) in [6.45, 7) is 3.95. The number of aromatic nitrogens is 6. The lowest BCUT2D eigenvalue weighted by Crippen LogP contribution is -1.81. The summed E-state index contributed by atoms with van der Waals surface area (Å²) in [4.78, 5) is 0. The lowest BCUT2D eigenvalue weighted by molar-refractivity contribution is 0.853. The van der Waals surface area contributed by atoms with Crippen molar-refractivity contribution in [1.82, 2.24) is 30.6 Å². The quantitative estimate of drug-likeness (QED) is 0.627. The van der Waals surface area contributed by atoms with Crippen LogP contribution in [0.5, 0.6) is 0 Å². The Bertz CT molecular complexity index is 287. The number of hydrogen-bond donors (Lipinski definition) is 1. The summed E-state index contributed by atoms with van der Waals surface area (Å²) >= 11 is 0. The van der Waals surface area contributed by atoms with Gasteiger partial charge in [-0.05, 0) is 19.9 Å². The molecule has 0 bridgehead atoms. The van der Waals surface area contributed by atoms with Gasteiger partial charge in [0, 0.05) is 5.69 Å². The Labute approximate surface area is 75.4 Å². The van der Waals surface area contributed by atoms with E-state index in [1.54, 1.807) is 0 Å². The van der Waals surface area contributed by atoms with Gasteiger partial charge in [0.05, 0.1) is 5.69 Å². The van der Waals surface area contributed by atoms with E-state index in [0.29, 0.717) is 0 Å². The summed E-state index contributed by atoms with van der Waals surface area (Å²) in [5.74, 6) is 0. The zero-order chi connectivity index (χ0) is 9.52. The van der Waals surface area contributed by atoms with Crippen LogP contribution in [0.15, 0.2) is 18.7 Å². The largest absolute Gasteiger partial charge is 0.283 e. The van der Waals surface area contributed by atoms with Crippen molar-refractivity contribution in [2.75, 3.05) is 0 Å². The minimum Gasteiger partial charge on any atom is -0.283 e. The molecular weight excluding hydrogens is 168 g/mol. The molecule has 0 aliphatic heterocycles. The topological polar surface area (TPSA) is 80.2 Å². The molecule has 0 amide bonds. The van der Waals surface area contributed by atoms with Gasteiger partial charge in [-0.2, -0.15) is 5.10 Å². The van der Waals surface area contributed by atoms with E-state index in [1.807, 2.05) is 19.9 Å². The van der Waals surface area contributed by atoms with E-state index in [1.165, 1.54) is 12.7 Å². The van der Waals surface area contributed by atoms with E-state index in [2.05, 4.69) is 30.6 Å². The first-order chi connectivity index (χ1) is 6.29. The molecule has 0 saturated carbocycles. The molecule has 0 radical (unpaired) electrons. The van der Waals surface area contributed by atoms with Crippen LogP contribution in [0.4, 0.5) is 0 Å². The Morgan fingerprint density at radius 3 is 1.69 bits per heavy atom. The Kier molecular flexibility index (Phi) is 3.49. The summed E-state index contributed by atoms with van der Waals surface area (Å²) in [6, 6.07) is 2.00. The third-order valence-corrected chi connectivity index (χ3v) is 1.17. The number of aryl methyl sites for hydroxylation is 2. The normalized spacial score (nSPS) is 8.77. The van der Waals surface area contributed by atoms with Crippen LogP contribution in [-0.2, 0) is 0 Å². The number of nitrogens with zero attached hydrogens (tertiary/aromatic N) is 5. The van der Waals surface area contributed by atoms with E-state index < -0.39 is 0 Å². The Balaban J connectivity index is 0.000000132. The van der Waals surface area contributed by atoms with Crippen molar-refractivity contribution in [3.8, 4) is 0 Å². The molecule has 2 aromatic rings. The maximum absolute atomic E-state index is 3.89. The molecule has 2 heterocycles. The fourth-order valence-corrected chi connectivity index (χ4v) is 0.720. The molecule has 0 spiro atoms. The molecule has 2 rings (SSSR count). The van der Waals surface area contributed by atoms with Gasteiger partial charge in [0.2, 0.25) is 0 Å². The molecule has 0 aliphatic rings. The predicted octanol–water partition coefficient (Wildman–Crippen LogP) is 0.293.